The molecule has 3 N–H and O–H groups in total. The highest BCUT2D eigenvalue weighted by Gasteiger charge is 2.53. The first-order valence-corrected chi connectivity index (χ1v) is 12.2. The van der Waals surface area contributed by atoms with Crippen LogP contribution in [-0.4, -0.2) is 44.0 Å². The molecule has 182 valence electrons. The van der Waals surface area contributed by atoms with Crippen molar-refractivity contribution in [3.05, 3.63) is 54.4 Å². The zero-order valence-corrected chi connectivity index (χ0v) is 20.1. The number of hydrogen-bond acceptors (Lipinski definition) is 6. The van der Waals surface area contributed by atoms with Crippen LogP contribution in [0.25, 0.3) is 0 Å². The van der Waals surface area contributed by atoms with Crippen LogP contribution in [0.5, 0.6) is 0 Å². The maximum absolute atomic E-state index is 12.9. The van der Waals surface area contributed by atoms with Gasteiger partial charge >= 0.3 is 0 Å². The third kappa shape index (κ3) is 4.97. The molecule has 0 radical (unpaired) electrons. The lowest BCUT2D eigenvalue weighted by molar-refractivity contribution is -0.142. The number of carbonyl (C=O) groups is 2. The molecule has 0 saturated heterocycles. The van der Waals surface area contributed by atoms with Crippen molar-refractivity contribution in [2.24, 2.45) is 29.1 Å². The zero-order chi connectivity index (χ0) is 24.3. The van der Waals surface area contributed by atoms with Gasteiger partial charge in [0.1, 0.15) is 6.33 Å². The van der Waals surface area contributed by atoms with E-state index in [2.05, 4.69) is 39.4 Å². The van der Waals surface area contributed by atoms with Crippen LogP contribution >= 0.6 is 0 Å². The van der Waals surface area contributed by atoms with E-state index in [4.69, 9.17) is 0 Å². The topological polar surface area (TPSA) is 117 Å². The summed E-state index contributed by atoms with van der Waals surface area (Å²) in [7, 11) is 0. The van der Waals surface area contributed by atoms with Gasteiger partial charge < -0.3 is 15.7 Å². The maximum Gasteiger partial charge on any atom is 0.254 e. The summed E-state index contributed by atoms with van der Waals surface area (Å²) >= 11 is 0. The van der Waals surface area contributed by atoms with Crippen molar-refractivity contribution in [1.29, 1.82) is 0 Å². The molecule has 2 aliphatic carbocycles. The normalized spacial score (nSPS) is 31.7. The van der Waals surface area contributed by atoms with Crippen molar-refractivity contribution in [2.45, 2.75) is 65.1 Å². The standard InChI is InChI=1S/C26H35N5O3/c1-16(24(33)30-14-19-6-4-5-11-29-19)20-7-9-26(3)10-8-21(17(2)22(26)23(20)32)31-25(34)18-12-27-15-28-13-18/h4-6,11-13,15-17,20-23,32H,7-10,14H2,1-3H3,(H,30,33)(H,31,34)/t16-,17-,20-,21-,22+,23-,26+/m0/s1. The number of hydrogen-bond donors (Lipinski definition) is 3. The average molecular weight is 466 g/mol. The number of aromatic nitrogens is 3. The van der Waals surface area contributed by atoms with Gasteiger partial charge in [-0.05, 0) is 61.0 Å². The second-order valence-electron chi connectivity index (χ2n) is 10.3. The molecular formula is C26H35N5O3. The summed E-state index contributed by atoms with van der Waals surface area (Å²) in [6.45, 7) is 6.66. The fourth-order valence-electron chi connectivity index (χ4n) is 6.20. The minimum Gasteiger partial charge on any atom is -0.392 e. The summed E-state index contributed by atoms with van der Waals surface area (Å²) in [5, 5.41) is 17.7. The molecule has 2 saturated carbocycles. The Balaban J connectivity index is 1.42. The minimum absolute atomic E-state index is 0.00311. The van der Waals surface area contributed by atoms with E-state index >= 15 is 0 Å². The maximum atomic E-state index is 12.9. The lowest BCUT2D eigenvalue weighted by atomic mass is 9.51. The molecule has 2 aromatic rings. The predicted octanol–water partition coefficient (Wildman–Crippen LogP) is 2.75. The van der Waals surface area contributed by atoms with Crippen molar-refractivity contribution in [2.75, 3.05) is 0 Å². The molecule has 7 atom stereocenters. The van der Waals surface area contributed by atoms with Crippen LogP contribution in [0.15, 0.2) is 43.1 Å². The van der Waals surface area contributed by atoms with Crippen LogP contribution in [0, 0.1) is 29.1 Å². The fraction of sp³-hybridized carbons (Fsp3) is 0.577. The van der Waals surface area contributed by atoms with Gasteiger partial charge in [0.2, 0.25) is 5.91 Å². The van der Waals surface area contributed by atoms with Gasteiger partial charge in [-0.2, -0.15) is 0 Å². The van der Waals surface area contributed by atoms with E-state index in [1.165, 1.54) is 18.7 Å². The average Bonchev–Trinajstić information content (AvgIpc) is 2.85. The molecule has 0 aromatic carbocycles. The van der Waals surface area contributed by atoms with Gasteiger partial charge in [0.25, 0.3) is 5.91 Å². The summed E-state index contributed by atoms with van der Waals surface area (Å²) in [6, 6.07) is 5.57. The molecule has 2 heterocycles. The quantitative estimate of drug-likeness (QED) is 0.604. The summed E-state index contributed by atoms with van der Waals surface area (Å²) in [6.07, 6.45) is 9.11. The Kier molecular flexibility index (Phi) is 7.26. The van der Waals surface area contributed by atoms with Gasteiger partial charge in [-0.15, -0.1) is 0 Å². The Morgan fingerprint density at radius 2 is 1.94 bits per heavy atom. The van der Waals surface area contributed by atoms with Crippen LogP contribution in [-0.2, 0) is 11.3 Å². The van der Waals surface area contributed by atoms with Crippen molar-refractivity contribution in [1.82, 2.24) is 25.6 Å². The lowest BCUT2D eigenvalue weighted by Gasteiger charge is -2.56. The van der Waals surface area contributed by atoms with E-state index < -0.39 is 6.10 Å². The smallest absolute Gasteiger partial charge is 0.254 e. The Morgan fingerprint density at radius 1 is 1.21 bits per heavy atom. The van der Waals surface area contributed by atoms with E-state index in [1.807, 2.05) is 25.1 Å². The zero-order valence-electron chi connectivity index (χ0n) is 20.1. The largest absolute Gasteiger partial charge is 0.392 e. The summed E-state index contributed by atoms with van der Waals surface area (Å²) in [4.78, 5) is 37.8. The molecule has 34 heavy (non-hydrogen) atoms. The monoisotopic (exact) mass is 465 g/mol. The number of carbonyl (C=O) groups excluding carboxylic acids is 2. The second-order valence-corrected chi connectivity index (χ2v) is 10.3. The number of aliphatic hydroxyl groups excluding tert-OH is 1. The van der Waals surface area contributed by atoms with E-state index in [0.29, 0.717) is 12.1 Å². The third-order valence-corrected chi connectivity index (χ3v) is 8.25. The molecule has 2 aliphatic rings. The number of aliphatic hydroxyl groups is 1. The molecule has 0 spiro atoms. The van der Waals surface area contributed by atoms with Crippen molar-refractivity contribution >= 4 is 11.8 Å². The van der Waals surface area contributed by atoms with E-state index in [0.717, 1.165) is 31.4 Å². The highest BCUT2D eigenvalue weighted by Crippen LogP contribution is 2.55. The number of rotatable bonds is 6. The number of fused-ring (bicyclic) bond motifs is 1. The molecule has 0 aliphatic heterocycles. The van der Waals surface area contributed by atoms with Crippen LogP contribution in [0.3, 0.4) is 0 Å². The Morgan fingerprint density at radius 3 is 2.65 bits per heavy atom. The second kappa shape index (κ2) is 10.2. The molecule has 8 nitrogen and oxygen atoms in total. The van der Waals surface area contributed by atoms with Gasteiger partial charge in [0, 0.05) is 30.6 Å². The predicted molar refractivity (Wildman–Crippen MR) is 127 cm³/mol. The minimum atomic E-state index is -0.607. The lowest BCUT2D eigenvalue weighted by Crippen LogP contribution is -2.58. The Bertz CT molecular complexity index is 988. The first kappa shape index (κ1) is 24.3. The number of nitrogens with one attached hydrogen (secondary N) is 2. The summed E-state index contributed by atoms with van der Waals surface area (Å²) in [5.74, 6) is -0.605. The molecular weight excluding hydrogens is 430 g/mol. The molecule has 2 aromatic heterocycles. The first-order chi connectivity index (χ1) is 16.3. The van der Waals surface area contributed by atoms with Gasteiger partial charge in [0.15, 0.2) is 0 Å². The van der Waals surface area contributed by atoms with E-state index in [-0.39, 0.29) is 46.9 Å². The Hall–Kier alpha value is -2.87. The van der Waals surface area contributed by atoms with Gasteiger partial charge in [0.05, 0.1) is 23.9 Å². The SMILES string of the molecule is C[C@@H]1[C@@H]2[C@@H](O)[C@H]([C@H](C)C(=O)NCc3ccccn3)CC[C@]2(C)CC[C@@H]1NC(=O)c1cncnc1. The van der Waals surface area contributed by atoms with Crippen LogP contribution in [0.2, 0.25) is 0 Å². The summed E-state index contributed by atoms with van der Waals surface area (Å²) < 4.78 is 0. The fourth-order valence-corrected chi connectivity index (χ4v) is 6.20. The Labute approximate surface area is 201 Å². The van der Waals surface area contributed by atoms with E-state index in [9.17, 15) is 14.7 Å². The highest BCUT2D eigenvalue weighted by atomic mass is 16.3. The summed E-state index contributed by atoms with van der Waals surface area (Å²) in [5.41, 5.74) is 1.24. The number of nitrogens with zero attached hydrogens (tertiary/aromatic N) is 3. The molecule has 4 rings (SSSR count). The number of pyridine rings is 1. The third-order valence-electron chi connectivity index (χ3n) is 8.25. The van der Waals surface area contributed by atoms with Crippen molar-refractivity contribution in [3.63, 3.8) is 0 Å². The molecule has 2 amide bonds. The van der Waals surface area contributed by atoms with Gasteiger partial charge in [-0.1, -0.05) is 26.8 Å². The highest BCUT2D eigenvalue weighted by molar-refractivity contribution is 5.93. The van der Waals surface area contributed by atoms with Gasteiger partial charge in [-0.25, -0.2) is 9.97 Å². The number of amides is 2. The van der Waals surface area contributed by atoms with E-state index in [1.54, 1.807) is 6.20 Å². The van der Waals surface area contributed by atoms with Crippen LogP contribution in [0.4, 0.5) is 0 Å². The van der Waals surface area contributed by atoms with Crippen molar-refractivity contribution < 1.29 is 14.7 Å². The van der Waals surface area contributed by atoms with Crippen molar-refractivity contribution in [3.8, 4) is 0 Å². The first-order valence-electron chi connectivity index (χ1n) is 12.2. The van der Waals surface area contributed by atoms with Crippen LogP contribution in [0.1, 0.15) is 62.5 Å². The molecule has 2 fully saturated rings. The molecule has 0 bridgehead atoms. The molecule has 8 heteroatoms. The molecule has 0 unspecified atom stereocenters. The van der Waals surface area contributed by atoms with Gasteiger partial charge in [-0.3, -0.25) is 14.6 Å². The van der Waals surface area contributed by atoms with Crippen LogP contribution < -0.4 is 10.6 Å².